The molecule has 2 fully saturated rings. The van der Waals surface area contributed by atoms with E-state index in [4.69, 9.17) is 0 Å². The highest BCUT2D eigenvalue weighted by Gasteiger charge is 2.33. The number of nitrogens with one attached hydrogen (secondary N) is 1. The number of rotatable bonds is 5. The van der Waals surface area contributed by atoms with Gasteiger partial charge in [-0.3, -0.25) is 9.59 Å². The van der Waals surface area contributed by atoms with Crippen molar-refractivity contribution in [3.05, 3.63) is 29.8 Å². The predicted molar refractivity (Wildman–Crippen MR) is 100 cm³/mol. The Morgan fingerprint density at radius 3 is 2.50 bits per heavy atom. The van der Waals surface area contributed by atoms with E-state index >= 15 is 0 Å². The van der Waals surface area contributed by atoms with Gasteiger partial charge in [-0.15, -0.1) is 0 Å². The third kappa shape index (κ3) is 4.79. The number of carbonyl (C=O) groups is 2. The third-order valence-corrected chi connectivity index (χ3v) is 5.61. The molecule has 2 aliphatic rings. The summed E-state index contributed by atoms with van der Waals surface area (Å²) in [7, 11) is 1.93. The fourth-order valence-corrected chi connectivity index (χ4v) is 4.02. The number of hydrogen-bond donors (Lipinski definition) is 1. The van der Waals surface area contributed by atoms with Gasteiger partial charge in [-0.05, 0) is 44.9 Å². The van der Waals surface area contributed by atoms with E-state index in [1.54, 1.807) is 17.0 Å². The lowest BCUT2D eigenvalue weighted by molar-refractivity contribution is -0.138. The van der Waals surface area contributed by atoms with E-state index in [1.165, 1.54) is 12.1 Å². The highest BCUT2D eigenvalue weighted by molar-refractivity contribution is 5.97. The molecular weight excluding hydrogens is 368 g/mol. The normalized spacial score (nSPS) is 21.1. The first-order valence-corrected chi connectivity index (χ1v) is 9.78. The minimum atomic E-state index is -3.00. The summed E-state index contributed by atoms with van der Waals surface area (Å²) in [5.41, 5.74) is 0.103. The van der Waals surface area contributed by atoms with Gasteiger partial charge >= 0.3 is 6.61 Å². The molecule has 2 aliphatic heterocycles. The maximum absolute atomic E-state index is 12.9. The fraction of sp³-hybridized carbons (Fsp3) is 0.600. The molecule has 3 rings (SSSR count). The molecule has 1 aromatic carbocycles. The van der Waals surface area contributed by atoms with Crippen LogP contribution >= 0.6 is 0 Å². The maximum Gasteiger partial charge on any atom is 0.387 e. The van der Waals surface area contributed by atoms with Crippen LogP contribution in [0.3, 0.4) is 0 Å². The Morgan fingerprint density at radius 1 is 1.11 bits per heavy atom. The zero-order chi connectivity index (χ0) is 20.1. The van der Waals surface area contributed by atoms with E-state index in [9.17, 15) is 18.4 Å². The first-order valence-electron chi connectivity index (χ1n) is 9.78. The van der Waals surface area contributed by atoms with Crippen LogP contribution in [0.5, 0.6) is 5.75 Å². The van der Waals surface area contributed by atoms with Crippen molar-refractivity contribution in [1.82, 2.24) is 15.1 Å². The van der Waals surface area contributed by atoms with E-state index in [0.717, 1.165) is 32.4 Å². The standard InChI is InChI=1S/C20H27F2N3O3/c1-23-15-8-11-24(12-9-15)18(26)14-5-4-10-25(13-14)19(27)16-6-2-3-7-17(16)28-20(21)22/h2-3,6-7,14-15,20,23H,4-5,8-13H2,1H3. The van der Waals surface area contributed by atoms with Crippen molar-refractivity contribution in [2.24, 2.45) is 5.92 Å². The number of para-hydroxylation sites is 1. The number of halogens is 2. The van der Waals surface area contributed by atoms with Crippen LogP contribution in [0.4, 0.5) is 8.78 Å². The van der Waals surface area contributed by atoms with E-state index < -0.39 is 6.61 Å². The van der Waals surface area contributed by atoms with Crippen molar-refractivity contribution in [2.75, 3.05) is 33.2 Å². The highest BCUT2D eigenvalue weighted by atomic mass is 19.3. The van der Waals surface area contributed by atoms with Crippen molar-refractivity contribution >= 4 is 11.8 Å². The second-order valence-electron chi connectivity index (χ2n) is 7.35. The Balaban J connectivity index is 1.65. The first kappa shape index (κ1) is 20.5. The number of carbonyl (C=O) groups excluding carboxylic acids is 2. The summed E-state index contributed by atoms with van der Waals surface area (Å²) in [4.78, 5) is 29.3. The number of likely N-dealkylation sites (tertiary alicyclic amines) is 2. The SMILES string of the molecule is CNC1CCN(C(=O)C2CCCN(C(=O)c3ccccc3OC(F)F)C2)CC1. The molecule has 0 radical (unpaired) electrons. The summed E-state index contributed by atoms with van der Waals surface area (Å²) in [6.07, 6.45) is 3.31. The number of amides is 2. The highest BCUT2D eigenvalue weighted by Crippen LogP contribution is 2.26. The molecule has 0 saturated carbocycles. The Morgan fingerprint density at radius 2 is 1.82 bits per heavy atom. The summed E-state index contributed by atoms with van der Waals surface area (Å²) < 4.78 is 29.7. The lowest BCUT2D eigenvalue weighted by Crippen LogP contribution is -2.50. The van der Waals surface area contributed by atoms with E-state index in [-0.39, 0.29) is 29.0 Å². The van der Waals surface area contributed by atoms with Crippen LogP contribution in [0.25, 0.3) is 0 Å². The van der Waals surface area contributed by atoms with Gasteiger partial charge in [0.15, 0.2) is 0 Å². The molecule has 1 N–H and O–H groups in total. The summed E-state index contributed by atoms with van der Waals surface area (Å²) in [5.74, 6) is -0.663. The van der Waals surface area contributed by atoms with Crippen molar-refractivity contribution in [3.63, 3.8) is 0 Å². The average Bonchev–Trinajstić information content (AvgIpc) is 2.73. The average molecular weight is 395 g/mol. The number of ether oxygens (including phenoxy) is 1. The summed E-state index contributed by atoms with van der Waals surface area (Å²) in [5, 5.41) is 3.25. The molecule has 0 aliphatic carbocycles. The van der Waals surface area contributed by atoms with Crippen LogP contribution in [-0.2, 0) is 4.79 Å². The molecule has 6 nitrogen and oxygen atoms in total. The summed E-state index contributed by atoms with van der Waals surface area (Å²) >= 11 is 0. The zero-order valence-electron chi connectivity index (χ0n) is 16.1. The van der Waals surface area contributed by atoms with Gasteiger partial charge in [-0.25, -0.2) is 0 Å². The molecule has 2 heterocycles. The molecule has 2 amide bonds. The molecule has 1 aromatic rings. The smallest absolute Gasteiger partial charge is 0.387 e. The summed E-state index contributed by atoms with van der Waals surface area (Å²) in [6, 6.07) is 6.45. The lowest BCUT2D eigenvalue weighted by Gasteiger charge is -2.38. The van der Waals surface area contributed by atoms with Gasteiger partial charge in [0.2, 0.25) is 5.91 Å². The van der Waals surface area contributed by atoms with Crippen LogP contribution in [0, 0.1) is 5.92 Å². The number of benzene rings is 1. The number of hydrogen-bond acceptors (Lipinski definition) is 4. The van der Waals surface area contributed by atoms with Gasteiger partial charge in [0.05, 0.1) is 11.5 Å². The molecular formula is C20H27F2N3O3. The van der Waals surface area contributed by atoms with Gasteiger partial charge in [-0.2, -0.15) is 8.78 Å². The predicted octanol–water partition coefficient (Wildman–Crippen LogP) is 2.35. The lowest BCUT2D eigenvalue weighted by atomic mass is 9.94. The number of piperidine rings is 2. The molecule has 0 bridgehead atoms. The molecule has 0 spiro atoms. The van der Waals surface area contributed by atoms with E-state index in [1.807, 2.05) is 11.9 Å². The zero-order valence-corrected chi connectivity index (χ0v) is 16.1. The third-order valence-electron chi connectivity index (χ3n) is 5.61. The minimum Gasteiger partial charge on any atom is -0.434 e. The van der Waals surface area contributed by atoms with Crippen LogP contribution < -0.4 is 10.1 Å². The molecule has 28 heavy (non-hydrogen) atoms. The van der Waals surface area contributed by atoms with Crippen LogP contribution in [0.15, 0.2) is 24.3 Å². The molecule has 2 saturated heterocycles. The molecule has 154 valence electrons. The Labute approximate surface area is 163 Å². The van der Waals surface area contributed by atoms with Crippen molar-refractivity contribution in [3.8, 4) is 5.75 Å². The number of alkyl halides is 2. The Kier molecular flexibility index (Phi) is 6.83. The second kappa shape index (κ2) is 9.32. The van der Waals surface area contributed by atoms with Gasteiger partial charge < -0.3 is 19.9 Å². The molecule has 8 heteroatoms. The van der Waals surface area contributed by atoms with Crippen molar-refractivity contribution in [2.45, 2.75) is 38.3 Å². The second-order valence-corrected chi connectivity index (χ2v) is 7.35. The Hall–Kier alpha value is -2.22. The summed E-state index contributed by atoms with van der Waals surface area (Å²) in [6.45, 7) is -0.732. The van der Waals surface area contributed by atoms with Crippen LogP contribution in [0.2, 0.25) is 0 Å². The van der Waals surface area contributed by atoms with Crippen molar-refractivity contribution < 1.29 is 23.1 Å². The monoisotopic (exact) mass is 395 g/mol. The fourth-order valence-electron chi connectivity index (χ4n) is 4.02. The molecule has 1 unspecified atom stereocenters. The van der Waals surface area contributed by atoms with E-state index in [0.29, 0.717) is 25.6 Å². The van der Waals surface area contributed by atoms with Gasteiger partial charge in [0.1, 0.15) is 5.75 Å². The minimum absolute atomic E-state index is 0.0872. The van der Waals surface area contributed by atoms with Crippen LogP contribution in [-0.4, -0.2) is 67.5 Å². The van der Waals surface area contributed by atoms with Crippen molar-refractivity contribution in [1.29, 1.82) is 0 Å². The Bertz CT molecular complexity index is 693. The quantitative estimate of drug-likeness (QED) is 0.832. The van der Waals surface area contributed by atoms with Gasteiger partial charge in [0.25, 0.3) is 5.91 Å². The molecule has 1 atom stereocenters. The number of nitrogens with zero attached hydrogens (tertiary/aromatic N) is 2. The largest absolute Gasteiger partial charge is 0.434 e. The van der Waals surface area contributed by atoms with Crippen LogP contribution in [0.1, 0.15) is 36.0 Å². The van der Waals surface area contributed by atoms with E-state index in [2.05, 4.69) is 10.1 Å². The maximum atomic E-state index is 12.9. The topological polar surface area (TPSA) is 61.9 Å². The molecule has 0 aromatic heterocycles. The van der Waals surface area contributed by atoms with Gasteiger partial charge in [-0.1, -0.05) is 12.1 Å². The van der Waals surface area contributed by atoms with Gasteiger partial charge in [0, 0.05) is 32.2 Å². The first-order chi connectivity index (χ1) is 13.5.